The number of thioether (sulfide) groups is 1. The average molecular weight is 203 g/mol. The molecule has 0 radical (unpaired) electrons. The fourth-order valence-electron chi connectivity index (χ4n) is 1.72. The van der Waals surface area contributed by atoms with E-state index < -0.39 is 0 Å². The summed E-state index contributed by atoms with van der Waals surface area (Å²) in [7, 11) is 1.81. The second-order valence-corrected chi connectivity index (χ2v) is 5.34. The zero-order valence-corrected chi connectivity index (χ0v) is 9.86. The molecule has 1 fully saturated rings. The molecule has 0 aliphatic carbocycles. The van der Waals surface area contributed by atoms with Crippen LogP contribution in [-0.2, 0) is 4.74 Å². The third kappa shape index (κ3) is 3.15. The van der Waals surface area contributed by atoms with Crippen molar-refractivity contribution < 1.29 is 4.74 Å². The molecule has 0 aromatic heterocycles. The van der Waals surface area contributed by atoms with Gasteiger partial charge >= 0.3 is 0 Å². The van der Waals surface area contributed by atoms with Gasteiger partial charge in [0.05, 0.1) is 11.5 Å². The summed E-state index contributed by atoms with van der Waals surface area (Å²) in [5.74, 6) is 1.84. The average Bonchev–Trinajstić information content (AvgIpc) is 2.04. The van der Waals surface area contributed by atoms with Gasteiger partial charge in [-0.2, -0.15) is 0 Å². The molecule has 1 aliphatic heterocycles. The molecular formula is C10H21NOS. The summed E-state index contributed by atoms with van der Waals surface area (Å²) in [6.07, 6.45) is 1.61. The lowest BCUT2D eigenvalue weighted by Crippen LogP contribution is -2.48. The molecule has 1 N–H and O–H groups in total. The molecular weight excluding hydrogens is 182 g/mol. The highest BCUT2D eigenvalue weighted by Gasteiger charge is 2.28. The van der Waals surface area contributed by atoms with E-state index >= 15 is 0 Å². The minimum absolute atomic E-state index is 0.341. The summed E-state index contributed by atoms with van der Waals surface area (Å²) in [4.78, 5) is 0. The third-order valence-corrected chi connectivity index (χ3v) is 3.76. The van der Waals surface area contributed by atoms with Crippen molar-refractivity contribution in [1.82, 2.24) is 5.32 Å². The van der Waals surface area contributed by atoms with Crippen LogP contribution in [0.2, 0.25) is 0 Å². The Balaban J connectivity index is 2.47. The van der Waals surface area contributed by atoms with Crippen LogP contribution in [-0.4, -0.2) is 30.4 Å². The van der Waals surface area contributed by atoms with Gasteiger partial charge in [-0.1, -0.05) is 13.8 Å². The first-order chi connectivity index (χ1) is 6.15. The highest BCUT2D eigenvalue weighted by molar-refractivity contribution is 7.99. The van der Waals surface area contributed by atoms with Crippen molar-refractivity contribution in [3.63, 3.8) is 0 Å². The second kappa shape index (κ2) is 5.23. The maximum absolute atomic E-state index is 5.52. The van der Waals surface area contributed by atoms with Crippen LogP contribution in [0.3, 0.4) is 0 Å². The molecule has 0 aromatic rings. The number of rotatable bonds is 3. The van der Waals surface area contributed by atoms with Crippen LogP contribution in [0.1, 0.15) is 27.2 Å². The molecule has 1 rings (SSSR count). The van der Waals surface area contributed by atoms with E-state index in [1.54, 1.807) is 0 Å². The van der Waals surface area contributed by atoms with Gasteiger partial charge < -0.3 is 10.1 Å². The Labute approximate surface area is 85.8 Å². The van der Waals surface area contributed by atoms with E-state index in [0.717, 1.165) is 0 Å². The zero-order chi connectivity index (χ0) is 9.84. The van der Waals surface area contributed by atoms with Crippen LogP contribution in [0.5, 0.6) is 0 Å². The van der Waals surface area contributed by atoms with E-state index in [1.807, 2.05) is 18.9 Å². The van der Waals surface area contributed by atoms with Crippen LogP contribution >= 0.6 is 11.8 Å². The van der Waals surface area contributed by atoms with Crippen molar-refractivity contribution >= 4 is 11.8 Å². The smallest absolute Gasteiger partial charge is 0.0840 e. The Hall–Kier alpha value is 0.270. The number of nitrogens with one attached hydrogen (secondary N) is 1. The summed E-state index contributed by atoms with van der Waals surface area (Å²) in [5, 5.41) is 4.07. The lowest BCUT2D eigenvalue weighted by atomic mass is 10.1. The largest absolute Gasteiger partial charge is 0.379 e. The van der Waals surface area contributed by atoms with Gasteiger partial charge in [-0.25, -0.2) is 0 Å². The van der Waals surface area contributed by atoms with Gasteiger partial charge in [-0.15, -0.1) is 11.8 Å². The summed E-state index contributed by atoms with van der Waals surface area (Å²) in [6, 6.07) is 0.641. The second-order valence-electron chi connectivity index (χ2n) is 4.09. The first-order valence-corrected chi connectivity index (χ1v) is 6.10. The monoisotopic (exact) mass is 203 g/mol. The van der Waals surface area contributed by atoms with Gasteiger partial charge in [-0.05, 0) is 25.0 Å². The molecule has 0 bridgehead atoms. The van der Waals surface area contributed by atoms with Gasteiger partial charge in [0, 0.05) is 13.2 Å². The maximum Gasteiger partial charge on any atom is 0.0840 e. The van der Waals surface area contributed by atoms with E-state index in [2.05, 4.69) is 26.1 Å². The van der Waals surface area contributed by atoms with Crippen LogP contribution in [0.15, 0.2) is 0 Å². The fraction of sp³-hybridized carbons (Fsp3) is 1.00. The molecule has 3 heteroatoms. The number of ether oxygens (including phenoxy) is 1. The number of hydrogen-bond acceptors (Lipinski definition) is 3. The van der Waals surface area contributed by atoms with E-state index in [9.17, 15) is 0 Å². The van der Waals surface area contributed by atoms with E-state index in [-0.39, 0.29) is 0 Å². The van der Waals surface area contributed by atoms with Crippen LogP contribution < -0.4 is 5.32 Å². The first-order valence-electron chi connectivity index (χ1n) is 5.05. The minimum Gasteiger partial charge on any atom is -0.379 e. The summed E-state index contributed by atoms with van der Waals surface area (Å²) >= 11 is 1.99. The van der Waals surface area contributed by atoms with Crippen molar-refractivity contribution in [2.24, 2.45) is 5.92 Å². The highest BCUT2D eigenvalue weighted by atomic mass is 32.2. The Morgan fingerprint density at radius 2 is 2.15 bits per heavy atom. The maximum atomic E-state index is 5.52. The fourth-order valence-corrected chi connectivity index (χ4v) is 3.41. The van der Waals surface area contributed by atoms with Crippen LogP contribution in [0.25, 0.3) is 0 Å². The zero-order valence-electron chi connectivity index (χ0n) is 9.04. The Morgan fingerprint density at radius 1 is 1.46 bits per heavy atom. The first kappa shape index (κ1) is 11.3. The molecule has 0 amide bonds. The van der Waals surface area contributed by atoms with Crippen molar-refractivity contribution in [2.75, 3.05) is 12.9 Å². The highest BCUT2D eigenvalue weighted by Crippen LogP contribution is 2.25. The standard InChI is InChI=1S/C10H21NOS/c1-7(2)9(12-4)10-11-8(3)5-6-13-10/h7-11H,5-6H2,1-4H3. The van der Waals surface area contributed by atoms with Crippen molar-refractivity contribution in [2.45, 2.75) is 44.7 Å². The third-order valence-electron chi connectivity index (χ3n) is 2.52. The molecule has 1 aliphatic rings. The van der Waals surface area contributed by atoms with Gasteiger partial charge in [-0.3, -0.25) is 0 Å². The molecule has 0 saturated carbocycles. The summed E-state index contributed by atoms with van der Waals surface area (Å²) in [5.41, 5.74) is 0. The lowest BCUT2D eigenvalue weighted by Gasteiger charge is -2.35. The molecule has 1 saturated heterocycles. The molecule has 1 heterocycles. The van der Waals surface area contributed by atoms with E-state index in [0.29, 0.717) is 23.4 Å². The SMILES string of the molecule is COC(C(C)C)C1NC(C)CCS1. The molecule has 3 unspecified atom stereocenters. The minimum atomic E-state index is 0.341. The van der Waals surface area contributed by atoms with Crippen LogP contribution in [0.4, 0.5) is 0 Å². The molecule has 13 heavy (non-hydrogen) atoms. The quantitative estimate of drug-likeness (QED) is 0.759. The molecule has 0 spiro atoms. The van der Waals surface area contributed by atoms with Gasteiger partial charge in [0.1, 0.15) is 0 Å². The predicted octanol–water partition coefficient (Wildman–Crippen LogP) is 2.10. The topological polar surface area (TPSA) is 21.3 Å². The Bertz CT molecular complexity index is 152. The number of methoxy groups -OCH3 is 1. The molecule has 78 valence electrons. The normalized spacial score (nSPS) is 32.1. The Kier molecular flexibility index (Phi) is 4.56. The van der Waals surface area contributed by atoms with Gasteiger partial charge in [0.2, 0.25) is 0 Å². The van der Waals surface area contributed by atoms with Crippen molar-refractivity contribution in [3.8, 4) is 0 Å². The van der Waals surface area contributed by atoms with Crippen molar-refractivity contribution in [1.29, 1.82) is 0 Å². The van der Waals surface area contributed by atoms with Crippen molar-refractivity contribution in [3.05, 3.63) is 0 Å². The van der Waals surface area contributed by atoms with Crippen LogP contribution in [0, 0.1) is 5.92 Å². The summed E-state index contributed by atoms with van der Waals surface area (Å²) < 4.78 is 5.52. The summed E-state index contributed by atoms with van der Waals surface area (Å²) in [6.45, 7) is 6.69. The molecule has 3 atom stereocenters. The van der Waals surface area contributed by atoms with Gasteiger partial charge in [0.25, 0.3) is 0 Å². The predicted molar refractivity (Wildman–Crippen MR) is 59.1 cm³/mol. The van der Waals surface area contributed by atoms with Gasteiger partial charge in [0.15, 0.2) is 0 Å². The number of hydrogen-bond donors (Lipinski definition) is 1. The lowest BCUT2D eigenvalue weighted by molar-refractivity contribution is 0.0526. The Morgan fingerprint density at radius 3 is 2.62 bits per heavy atom. The van der Waals surface area contributed by atoms with E-state index in [1.165, 1.54) is 12.2 Å². The van der Waals surface area contributed by atoms with E-state index in [4.69, 9.17) is 4.74 Å². The molecule has 0 aromatic carbocycles. The molecule has 2 nitrogen and oxygen atoms in total.